The first kappa shape index (κ1) is 18.1. The fraction of sp³-hybridized carbons (Fsp3) is 0. The Balaban J connectivity index is 1.57. The van der Waals surface area contributed by atoms with E-state index < -0.39 is 0 Å². The summed E-state index contributed by atoms with van der Waals surface area (Å²) in [5, 5.41) is 10.6. The van der Waals surface area contributed by atoms with Crippen LogP contribution in [0.1, 0.15) is 5.56 Å². The van der Waals surface area contributed by atoms with Crippen LogP contribution in [0.4, 0.5) is 29.2 Å². The van der Waals surface area contributed by atoms with Crippen LogP contribution in [-0.2, 0) is 0 Å². The van der Waals surface area contributed by atoms with Crippen LogP contribution in [0.5, 0.6) is 0 Å². The van der Waals surface area contributed by atoms with E-state index in [1.54, 1.807) is 6.21 Å². The van der Waals surface area contributed by atoms with Crippen molar-refractivity contribution >= 4 is 35.4 Å². The molecule has 4 aromatic rings. The second-order valence-electron chi connectivity index (χ2n) is 6.07. The molecule has 29 heavy (non-hydrogen) atoms. The lowest BCUT2D eigenvalue weighted by Crippen LogP contribution is -2.07. The molecule has 1 aromatic heterocycles. The second-order valence-corrected chi connectivity index (χ2v) is 6.07. The van der Waals surface area contributed by atoms with Crippen molar-refractivity contribution in [1.82, 2.24) is 15.0 Å². The number of rotatable bonds is 7. The van der Waals surface area contributed by atoms with Gasteiger partial charge < -0.3 is 10.6 Å². The normalized spacial score (nSPS) is 10.6. The fourth-order valence-corrected chi connectivity index (χ4v) is 2.54. The molecule has 0 amide bonds. The molecule has 7 nitrogen and oxygen atoms in total. The number of benzene rings is 3. The van der Waals surface area contributed by atoms with Crippen LogP contribution in [0.3, 0.4) is 0 Å². The molecule has 0 aliphatic rings. The number of anilines is 5. The van der Waals surface area contributed by atoms with Crippen molar-refractivity contribution in [2.75, 3.05) is 16.1 Å². The Bertz CT molecular complexity index is 1010. The van der Waals surface area contributed by atoms with E-state index in [1.165, 1.54) is 0 Å². The molecule has 0 fully saturated rings. The van der Waals surface area contributed by atoms with Gasteiger partial charge in [-0.1, -0.05) is 66.7 Å². The summed E-state index contributed by atoms with van der Waals surface area (Å²) in [4.78, 5) is 13.3. The topological polar surface area (TPSA) is 87.1 Å². The largest absolute Gasteiger partial charge is 0.324 e. The molecule has 0 aliphatic carbocycles. The van der Waals surface area contributed by atoms with Crippen molar-refractivity contribution in [3.8, 4) is 0 Å². The number of hydrogen-bond donors (Lipinski definition) is 3. The molecule has 3 aromatic carbocycles. The average Bonchev–Trinajstić information content (AvgIpc) is 2.76. The molecule has 0 atom stereocenters. The molecule has 0 bridgehead atoms. The Kier molecular flexibility index (Phi) is 5.68. The van der Waals surface area contributed by atoms with E-state index in [2.05, 4.69) is 36.1 Å². The quantitative estimate of drug-likeness (QED) is 0.315. The van der Waals surface area contributed by atoms with Crippen molar-refractivity contribution in [2.24, 2.45) is 5.10 Å². The Morgan fingerprint density at radius 3 is 1.52 bits per heavy atom. The number of para-hydroxylation sites is 2. The number of nitrogens with zero attached hydrogens (tertiary/aromatic N) is 4. The monoisotopic (exact) mass is 381 g/mol. The zero-order valence-electron chi connectivity index (χ0n) is 15.5. The zero-order chi connectivity index (χ0) is 19.7. The number of hydrogen-bond acceptors (Lipinski definition) is 7. The summed E-state index contributed by atoms with van der Waals surface area (Å²) in [5.41, 5.74) is 5.60. The number of nitrogens with one attached hydrogen (secondary N) is 3. The maximum atomic E-state index is 4.45. The minimum Gasteiger partial charge on any atom is -0.324 e. The van der Waals surface area contributed by atoms with E-state index in [1.807, 2.05) is 91.0 Å². The van der Waals surface area contributed by atoms with Gasteiger partial charge in [0.1, 0.15) is 0 Å². The maximum absolute atomic E-state index is 4.45. The van der Waals surface area contributed by atoms with Gasteiger partial charge >= 0.3 is 0 Å². The van der Waals surface area contributed by atoms with Crippen LogP contribution >= 0.6 is 0 Å². The highest BCUT2D eigenvalue weighted by Crippen LogP contribution is 2.18. The van der Waals surface area contributed by atoms with Gasteiger partial charge in [0.05, 0.1) is 6.21 Å². The highest BCUT2D eigenvalue weighted by atomic mass is 15.4. The van der Waals surface area contributed by atoms with Gasteiger partial charge in [-0.2, -0.15) is 20.1 Å². The minimum atomic E-state index is 0.323. The van der Waals surface area contributed by atoms with E-state index in [-0.39, 0.29) is 0 Å². The van der Waals surface area contributed by atoms with E-state index >= 15 is 0 Å². The van der Waals surface area contributed by atoms with Gasteiger partial charge in [-0.3, -0.25) is 0 Å². The third-order valence-electron chi connectivity index (χ3n) is 3.87. The standard InChI is InChI=1S/C22H19N7/c1-4-10-17(11-5-1)16-23-29-22-27-20(24-18-12-6-2-7-13-18)26-21(28-22)25-19-14-8-3-9-15-19/h1-16H,(H3,24,25,26,27,28,29). The third kappa shape index (κ3) is 5.36. The summed E-state index contributed by atoms with van der Waals surface area (Å²) in [7, 11) is 0. The first-order chi connectivity index (χ1) is 14.3. The van der Waals surface area contributed by atoms with Crippen LogP contribution in [0.25, 0.3) is 0 Å². The third-order valence-corrected chi connectivity index (χ3v) is 3.87. The number of hydrazone groups is 1. The Morgan fingerprint density at radius 1 is 0.552 bits per heavy atom. The molecule has 0 spiro atoms. The molecular weight excluding hydrogens is 362 g/mol. The van der Waals surface area contributed by atoms with Gasteiger partial charge in [0.15, 0.2) is 0 Å². The SMILES string of the molecule is C(=NNc1nc(Nc2ccccc2)nc(Nc2ccccc2)n1)c1ccccc1. The maximum Gasteiger partial charge on any atom is 0.250 e. The first-order valence-electron chi connectivity index (χ1n) is 9.09. The van der Waals surface area contributed by atoms with Gasteiger partial charge in [-0.05, 0) is 29.8 Å². The average molecular weight is 381 g/mol. The molecule has 4 rings (SSSR count). The van der Waals surface area contributed by atoms with Crippen molar-refractivity contribution < 1.29 is 0 Å². The fourth-order valence-electron chi connectivity index (χ4n) is 2.54. The summed E-state index contributed by atoms with van der Waals surface area (Å²) in [6.45, 7) is 0. The molecule has 1 heterocycles. The molecule has 0 aliphatic heterocycles. The smallest absolute Gasteiger partial charge is 0.250 e. The lowest BCUT2D eigenvalue weighted by atomic mass is 10.2. The van der Waals surface area contributed by atoms with Crippen LogP contribution in [0.2, 0.25) is 0 Å². The highest BCUT2D eigenvalue weighted by molar-refractivity contribution is 5.79. The molecular formula is C22H19N7. The van der Waals surface area contributed by atoms with Gasteiger partial charge in [0.25, 0.3) is 0 Å². The van der Waals surface area contributed by atoms with E-state index in [9.17, 15) is 0 Å². The van der Waals surface area contributed by atoms with Crippen LogP contribution in [0, 0.1) is 0 Å². The van der Waals surface area contributed by atoms with Gasteiger partial charge in [-0.15, -0.1) is 0 Å². The van der Waals surface area contributed by atoms with E-state index in [0.29, 0.717) is 17.8 Å². The predicted molar refractivity (Wildman–Crippen MR) is 117 cm³/mol. The van der Waals surface area contributed by atoms with E-state index in [4.69, 9.17) is 0 Å². The lowest BCUT2D eigenvalue weighted by Gasteiger charge is -2.10. The predicted octanol–water partition coefficient (Wildman–Crippen LogP) is 4.80. The molecule has 0 saturated carbocycles. The lowest BCUT2D eigenvalue weighted by molar-refractivity contribution is 1.04. The summed E-state index contributed by atoms with van der Waals surface area (Å²) in [6, 6.07) is 29.2. The highest BCUT2D eigenvalue weighted by Gasteiger charge is 2.07. The first-order valence-corrected chi connectivity index (χ1v) is 9.09. The van der Waals surface area contributed by atoms with Crippen molar-refractivity contribution in [2.45, 2.75) is 0 Å². The molecule has 142 valence electrons. The Morgan fingerprint density at radius 2 is 1.00 bits per heavy atom. The van der Waals surface area contributed by atoms with Gasteiger partial charge in [0.2, 0.25) is 17.8 Å². The molecule has 7 heteroatoms. The zero-order valence-corrected chi connectivity index (χ0v) is 15.5. The van der Waals surface area contributed by atoms with Crippen LogP contribution in [0.15, 0.2) is 96.1 Å². The second kappa shape index (κ2) is 9.09. The summed E-state index contributed by atoms with van der Waals surface area (Å²) < 4.78 is 0. The minimum absolute atomic E-state index is 0.323. The summed E-state index contributed by atoms with van der Waals surface area (Å²) >= 11 is 0. The van der Waals surface area contributed by atoms with Crippen molar-refractivity contribution in [3.63, 3.8) is 0 Å². The molecule has 0 saturated heterocycles. The molecule has 0 unspecified atom stereocenters. The summed E-state index contributed by atoms with van der Waals surface area (Å²) in [5.74, 6) is 1.13. The van der Waals surface area contributed by atoms with Gasteiger partial charge in [0, 0.05) is 11.4 Å². The van der Waals surface area contributed by atoms with E-state index in [0.717, 1.165) is 16.9 Å². The van der Waals surface area contributed by atoms with Crippen molar-refractivity contribution in [3.05, 3.63) is 96.6 Å². The Hall–Kier alpha value is -4.26. The van der Waals surface area contributed by atoms with Crippen LogP contribution < -0.4 is 16.1 Å². The van der Waals surface area contributed by atoms with Crippen molar-refractivity contribution in [1.29, 1.82) is 0 Å². The van der Waals surface area contributed by atoms with Crippen LogP contribution in [-0.4, -0.2) is 21.2 Å². The summed E-state index contributed by atoms with van der Waals surface area (Å²) in [6.07, 6.45) is 1.71. The Labute approximate surface area is 168 Å². The van der Waals surface area contributed by atoms with Gasteiger partial charge in [-0.25, -0.2) is 5.43 Å². The molecule has 0 radical (unpaired) electrons. The number of aromatic nitrogens is 3. The molecule has 3 N–H and O–H groups in total.